The fraction of sp³-hybridized carbons (Fsp3) is 0.400. The molecule has 6 heteroatoms. The van der Waals surface area contributed by atoms with Crippen LogP contribution in [0.3, 0.4) is 0 Å². The van der Waals surface area contributed by atoms with Crippen LogP contribution in [0.4, 0.5) is 0 Å². The van der Waals surface area contributed by atoms with Gasteiger partial charge in [0.05, 0.1) is 3.74 Å². The van der Waals surface area contributed by atoms with Crippen molar-refractivity contribution in [2.75, 3.05) is 0 Å². The molecule has 0 aromatic carbocycles. The minimum Gasteiger partial charge on any atom is -0.428 e. The Morgan fingerprint density at radius 3 is 2.27 bits per heavy atom. The third kappa shape index (κ3) is 1.85. The first kappa shape index (κ1) is 9.70. The number of ether oxygens (including phenoxy) is 1. The monoisotopic (exact) mass is 348 g/mol. The summed E-state index contributed by atoms with van der Waals surface area (Å²) in [5.41, 5.74) is 0.454. The summed E-state index contributed by atoms with van der Waals surface area (Å²) in [4.78, 5) is 10.8. The van der Waals surface area contributed by atoms with Crippen LogP contribution in [0.25, 0.3) is 0 Å². The lowest BCUT2D eigenvalue weighted by Gasteiger charge is -2.06. The number of carbonyl (C=O) groups is 1. The molecule has 62 valence electrons. The van der Waals surface area contributed by atoms with Crippen LogP contribution in [-0.4, -0.2) is 21.1 Å². The highest BCUT2D eigenvalue weighted by molar-refractivity contribution is 9.24. The van der Waals surface area contributed by atoms with Gasteiger partial charge in [0, 0.05) is 5.57 Å². The number of hydrogen-bond acceptors (Lipinski definition) is 3. The minimum atomic E-state index is -1.15. The molecule has 0 fully saturated rings. The molecule has 0 radical (unpaired) electrons. The van der Waals surface area contributed by atoms with Gasteiger partial charge in [0.2, 0.25) is 6.29 Å². The van der Waals surface area contributed by atoms with Crippen LogP contribution >= 0.6 is 47.8 Å². The number of alkyl halides is 2. The van der Waals surface area contributed by atoms with Crippen molar-refractivity contribution in [3.8, 4) is 0 Å². The molecule has 0 saturated carbocycles. The SMILES string of the molecule is O=C1O[C@@H](O)C(C(Br)Br)=C1Br. The minimum absolute atomic E-state index is 0.258. The molecule has 0 unspecified atom stereocenters. The quantitative estimate of drug-likeness (QED) is 0.577. The summed E-state index contributed by atoms with van der Waals surface area (Å²) in [5, 5.41) is 9.11. The van der Waals surface area contributed by atoms with Crippen molar-refractivity contribution in [1.29, 1.82) is 0 Å². The standard InChI is InChI=1S/C5H3Br3O3/c6-2-1(3(7)8)4(9)11-5(2)10/h3-4,9H/t4-/m1/s1. The molecular weight excluding hydrogens is 348 g/mol. The van der Waals surface area contributed by atoms with E-state index in [2.05, 4.69) is 52.5 Å². The first-order valence-corrected chi connectivity index (χ1v) is 5.23. The second-order valence-electron chi connectivity index (χ2n) is 1.83. The molecule has 0 saturated heterocycles. The van der Waals surface area contributed by atoms with Gasteiger partial charge in [-0.3, -0.25) is 0 Å². The van der Waals surface area contributed by atoms with Crippen LogP contribution in [0.1, 0.15) is 0 Å². The maximum absolute atomic E-state index is 10.8. The first-order valence-electron chi connectivity index (χ1n) is 2.60. The Morgan fingerprint density at radius 2 is 2.09 bits per heavy atom. The number of esters is 1. The molecule has 0 aliphatic carbocycles. The molecule has 1 heterocycles. The lowest BCUT2D eigenvalue weighted by atomic mass is 10.3. The maximum Gasteiger partial charge on any atom is 0.348 e. The summed E-state index contributed by atoms with van der Waals surface area (Å²) >= 11 is 9.29. The first-order chi connectivity index (χ1) is 5.04. The van der Waals surface area contributed by atoms with E-state index in [9.17, 15) is 4.79 Å². The van der Waals surface area contributed by atoms with Gasteiger partial charge in [-0.25, -0.2) is 4.79 Å². The van der Waals surface area contributed by atoms with E-state index in [4.69, 9.17) is 5.11 Å². The number of halogens is 3. The largest absolute Gasteiger partial charge is 0.428 e. The van der Waals surface area contributed by atoms with Crippen LogP contribution in [-0.2, 0) is 9.53 Å². The number of cyclic esters (lactones) is 1. The van der Waals surface area contributed by atoms with Gasteiger partial charge in [0.1, 0.15) is 4.48 Å². The van der Waals surface area contributed by atoms with E-state index >= 15 is 0 Å². The molecule has 1 aliphatic heterocycles. The number of rotatable bonds is 1. The van der Waals surface area contributed by atoms with Crippen LogP contribution in [0, 0.1) is 0 Å². The summed E-state index contributed by atoms with van der Waals surface area (Å²) in [6.45, 7) is 0. The Morgan fingerprint density at radius 1 is 1.55 bits per heavy atom. The summed E-state index contributed by atoms with van der Waals surface area (Å²) in [5.74, 6) is -0.545. The van der Waals surface area contributed by atoms with E-state index in [0.29, 0.717) is 5.57 Å². The lowest BCUT2D eigenvalue weighted by molar-refractivity contribution is -0.151. The Hall–Kier alpha value is 0.610. The number of carbonyl (C=O) groups excluding carboxylic acids is 1. The van der Waals surface area contributed by atoms with Gasteiger partial charge in [-0.1, -0.05) is 31.9 Å². The van der Waals surface area contributed by atoms with Crippen molar-refractivity contribution >= 4 is 53.8 Å². The molecule has 1 rings (SSSR count). The van der Waals surface area contributed by atoms with Gasteiger partial charge in [-0.15, -0.1) is 0 Å². The second-order valence-corrected chi connectivity index (χ2v) is 5.68. The summed E-state index contributed by atoms with van der Waals surface area (Å²) in [6.07, 6.45) is -1.15. The predicted octanol–water partition coefficient (Wildman–Crippen LogP) is 1.63. The van der Waals surface area contributed by atoms with Gasteiger partial charge < -0.3 is 9.84 Å². The highest BCUT2D eigenvalue weighted by Crippen LogP contribution is 2.33. The third-order valence-electron chi connectivity index (χ3n) is 1.15. The van der Waals surface area contributed by atoms with E-state index < -0.39 is 12.3 Å². The van der Waals surface area contributed by atoms with Crippen molar-refractivity contribution < 1.29 is 14.6 Å². The van der Waals surface area contributed by atoms with Gasteiger partial charge in [-0.05, 0) is 15.9 Å². The molecule has 1 N–H and O–H groups in total. The van der Waals surface area contributed by atoms with Gasteiger partial charge in [0.15, 0.2) is 0 Å². The number of hydrogen-bond donors (Lipinski definition) is 1. The van der Waals surface area contributed by atoms with Crippen LogP contribution in [0.2, 0.25) is 0 Å². The number of aliphatic hydroxyl groups excluding tert-OH is 1. The third-order valence-corrected chi connectivity index (χ3v) is 2.92. The summed E-state index contributed by atoms with van der Waals surface area (Å²) < 4.78 is 4.49. The molecule has 0 aromatic heterocycles. The molecule has 0 bridgehead atoms. The zero-order chi connectivity index (χ0) is 8.59. The second kappa shape index (κ2) is 3.55. The Bertz CT molecular complexity index is 223. The van der Waals surface area contributed by atoms with E-state index in [1.807, 2.05) is 0 Å². The van der Waals surface area contributed by atoms with Crippen LogP contribution in [0.5, 0.6) is 0 Å². The Balaban J connectivity index is 2.97. The van der Waals surface area contributed by atoms with Crippen molar-refractivity contribution in [1.82, 2.24) is 0 Å². The molecular formula is C5H3Br3O3. The van der Waals surface area contributed by atoms with Crippen molar-refractivity contribution in [3.05, 3.63) is 10.1 Å². The van der Waals surface area contributed by atoms with Crippen LogP contribution in [0.15, 0.2) is 10.1 Å². The molecule has 0 aromatic rings. The predicted molar refractivity (Wildman–Crippen MR) is 49.7 cm³/mol. The smallest absolute Gasteiger partial charge is 0.348 e. The molecule has 11 heavy (non-hydrogen) atoms. The highest BCUT2D eigenvalue weighted by atomic mass is 79.9. The van der Waals surface area contributed by atoms with Crippen LogP contribution < -0.4 is 0 Å². The molecule has 3 nitrogen and oxygen atoms in total. The molecule has 0 spiro atoms. The fourth-order valence-corrected chi connectivity index (χ4v) is 2.69. The average Bonchev–Trinajstić information content (AvgIpc) is 2.07. The molecule has 1 atom stereocenters. The van der Waals surface area contributed by atoms with E-state index in [1.54, 1.807) is 0 Å². The van der Waals surface area contributed by atoms with Gasteiger partial charge in [-0.2, -0.15) is 0 Å². The summed E-state index contributed by atoms with van der Waals surface area (Å²) in [6, 6.07) is 0. The molecule has 1 aliphatic rings. The Labute approximate surface area is 88.2 Å². The molecule has 0 amide bonds. The maximum atomic E-state index is 10.8. The summed E-state index contributed by atoms with van der Waals surface area (Å²) in [7, 11) is 0. The average molecular weight is 351 g/mol. The van der Waals surface area contributed by atoms with Crippen molar-refractivity contribution in [2.45, 2.75) is 10.0 Å². The van der Waals surface area contributed by atoms with E-state index in [1.165, 1.54) is 0 Å². The highest BCUT2D eigenvalue weighted by Gasteiger charge is 2.34. The zero-order valence-electron chi connectivity index (χ0n) is 5.05. The zero-order valence-corrected chi connectivity index (χ0v) is 9.81. The lowest BCUT2D eigenvalue weighted by Crippen LogP contribution is -2.13. The van der Waals surface area contributed by atoms with Crippen molar-refractivity contribution in [3.63, 3.8) is 0 Å². The normalized spacial score (nSPS) is 24.8. The Kier molecular flexibility index (Phi) is 3.13. The van der Waals surface area contributed by atoms with Gasteiger partial charge in [0.25, 0.3) is 0 Å². The fourth-order valence-electron chi connectivity index (χ4n) is 0.646. The number of aliphatic hydroxyl groups is 1. The van der Waals surface area contributed by atoms with E-state index in [0.717, 1.165) is 0 Å². The van der Waals surface area contributed by atoms with Gasteiger partial charge >= 0.3 is 5.97 Å². The van der Waals surface area contributed by atoms with E-state index in [-0.39, 0.29) is 8.22 Å². The topological polar surface area (TPSA) is 46.5 Å². The van der Waals surface area contributed by atoms with Crippen molar-refractivity contribution in [2.24, 2.45) is 0 Å².